The molecule has 0 amide bonds. The molecule has 1 aromatic carbocycles. The lowest BCUT2D eigenvalue weighted by Gasteiger charge is -2.07. The van der Waals surface area contributed by atoms with Gasteiger partial charge in [0.15, 0.2) is 0 Å². The van der Waals surface area contributed by atoms with E-state index in [1.807, 2.05) is 6.07 Å². The average Bonchev–Trinajstić information content (AvgIpc) is 3.18. The van der Waals surface area contributed by atoms with Crippen LogP contribution in [0, 0.1) is 21.4 Å². The van der Waals surface area contributed by atoms with Crippen molar-refractivity contribution in [3.05, 3.63) is 33.9 Å². The van der Waals surface area contributed by atoms with Crippen LogP contribution in [0.25, 0.3) is 0 Å². The Kier molecular flexibility index (Phi) is 3.75. The highest BCUT2D eigenvalue weighted by Crippen LogP contribution is 2.25. The first-order valence-electron chi connectivity index (χ1n) is 5.86. The Bertz CT molecular complexity index is 491. The van der Waals surface area contributed by atoms with E-state index in [-0.39, 0.29) is 5.69 Å². The predicted octanol–water partition coefficient (Wildman–Crippen LogP) is 1.63. The Morgan fingerprint density at radius 2 is 2.22 bits per heavy atom. The van der Waals surface area contributed by atoms with Crippen molar-refractivity contribution in [2.75, 3.05) is 18.4 Å². The summed E-state index contributed by atoms with van der Waals surface area (Å²) in [5.41, 5.74) is 0.695. The van der Waals surface area contributed by atoms with E-state index in [1.54, 1.807) is 12.1 Å². The second-order valence-corrected chi connectivity index (χ2v) is 4.26. The van der Waals surface area contributed by atoms with Crippen molar-refractivity contribution in [3.63, 3.8) is 0 Å². The third kappa shape index (κ3) is 3.18. The molecule has 0 aliphatic heterocycles. The Balaban J connectivity index is 1.97. The van der Waals surface area contributed by atoms with Gasteiger partial charge in [0.25, 0.3) is 5.69 Å². The van der Waals surface area contributed by atoms with Gasteiger partial charge in [-0.15, -0.1) is 0 Å². The van der Waals surface area contributed by atoms with E-state index >= 15 is 0 Å². The predicted molar refractivity (Wildman–Crippen MR) is 67.3 cm³/mol. The molecule has 0 saturated heterocycles. The van der Waals surface area contributed by atoms with Gasteiger partial charge in [-0.05, 0) is 25.0 Å². The summed E-state index contributed by atoms with van der Waals surface area (Å²) in [5, 5.41) is 25.9. The standard InChI is InChI=1S/C12H14N4O2/c13-8-9-1-4-11(12(7-9)16(17)18)15-6-5-14-10-2-3-10/h1,4,7,10,14-15H,2-3,5-6H2. The molecule has 2 rings (SSSR count). The number of nitrogens with one attached hydrogen (secondary N) is 2. The van der Waals surface area contributed by atoms with Crippen molar-refractivity contribution in [2.24, 2.45) is 0 Å². The SMILES string of the molecule is N#Cc1ccc(NCCNC2CC2)c([N+](=O)[O-])c1. The molecule has 0 heterocycles. The zero-order valence-electron chi connectivity index (χ0n) is 9.85. The van der Waals surface area contributed by atoms with Gasteiger partial charge in [-0.25, -0.2) is 0 Å². The molecule has 1 aliphatic carbocycles. The summed E-state index contributed by atoms with van der Waals surface area (Å²) < 4.78 is 0. The third-order valence-corrected chi connectivity index (χ3v) is 2.77. The monoisotopic (exact) mass is 246 g/mol. The van der Waals surface area contributed by atoms with Gasteiger partial charge in [-0.3, -0.25) is 10.1 Å². The van der Waals surface area contributed by atoms with Crippen LogP contribution >= 0.6 is 0 Å². The van der Waals surface area contributed by atoms with E-state index in [1.165, 1.54) is 18.9 Å². The minimum atomic E-state index is -0.475. The third-order valence-electron chi connectivity index (χ3n) is 2.77. The van der Waals surface area contributed by atoms with Gasteiger partial charge >= 0.3 is 0 Å². The highest BCUT2D eigenvalue weighted by Gasteiger charge is 2.20. The lowest BCUT2D eigenvalue weighted by Crippen LogP contribution is -2.24. The zero-order valence-corrected chi connectivity index (χ0v) is 9.85. The molecule has 0 atom stereocenters. The van der Waals surface area contributed by atoms with Crippen LogP contribution in [0.3, 0.4) is 0 Å². The molecule has 0 bridgehead atoms. The van der Waals surface area contributed by atoms with Gasteiger partial charge in [0.2, 0.25) is 0 Å². The lowest BCUT2D eigenvalue weighted by atomic mass is 10.2. The van der Waals surface area contributed by atoms with Crippen LogP contribution in [-0.4, -0.2) is 24.1 Å². The summed E-state index contributed by atoms with van der Waals surface area (Å²) in [4.78, 5) is 10.4. The summed E-state index contributed by atoms with van der Waals surface area (Å²) in [5.74, 6) is 0. The molecule has 1 aromatic rings. The maximum absolute atomic E-state index is 10.9. The van der Waals surface area contributed by atoms with Crippen LogP contribution in [0.4, 0.5) is 11.4 Å². The summed E-state index contributed by atoms with van der Waals surface area (Å²) in [7, 11) is 0. The van der Waals surface area contributed by atoms with E-state index in [2.05, 4.69) is 10.6 Å². The number of nitro groups is 1. The number of nitrogens with zero attached hydrogens (tertiary/aromatic N) is 2. The number of hydrogen-bond donors (Lipinski definition) is 2. The second-order valence-electron chi connectivity index (χ2n) is 4.26. The number of nitriles is 1. The first-order valence-corrected chi connectivity index (χ1v) is 5.86. The summed E-state index contributed by atoms with van der Waals surface area (Å²) in [6.45, 7) is 1.41. The molecule has 1 aliphatic rings. The van der Waals surface area contributed by atoms with E-state index in [0.717, 1.165) is 6.54 Å². The molecule has 94 valence electrons. The van der Waals surface area contributed by atoms with E-state index in [4.69, 9.17) is 5.26 Å². The lowest BCUT2D eigenvalue weighted by molar-refractivity contribution is -0.384. The first kappa shape index (κ1) is 12.3. The van der Waals surface area contributed by atoms with Gasteiger partial charge in [0.05, 0.1) is 16.6 Å². The van der Waals surface area contributed by atoms with Crippen LogP contribution in [-0.2, 0) is 0 Å². The van der Waals surface area contributed by atoms with Crippen LogP contribution in [0.2, 0.25) is 0 Å². The molecule has 1 saturated carbocycles. The summed E-state index contributed by atoms with van der Waals surface area (Å²) >= 11 is 0. The molecule has 6 nitrogen and oxygen atoms in total. The minimum Gasteiger partial charge on any atom is -0.378 e. The van der Waals surface area contributed by atoms with Gasteiger partial charge in [0.1, 0.15) is 5.69 Å². The van der Waals surface area contributed by atoms with Crippen molar-refractivity contribution in [3.8, 4) is 6.07 Å². The molecule has 0 unspecified atom stereocenters. The Hall–Kier alpha value is -2.13. The first-order chi connectivity index (χ1) is 8.70. The zero-order chi connectivity index (χ0) is 13.0. The molecule has 1 fully saturated rings. The summed E-state index contributed by atoms with van der Waals surface area (Å²) in [6.07, 6.45) is 2.44. The van der Waals surface area contributed by atoms with Crippen molar-refractivity contribution < 1.29 is 4.92 Å². The van der Waals surface area contributed by atoms with Crippen LogP contribution < -0.4 is 10.6 Å². The highest BCUT2D eigenvalue weighted by molar-refractivity contribution is 5.64. The van der Waals surface area contributed by atoms with E-state index < -0.39 is 4.92 Å². The molecular weight excluding hydrogens is 232 g/mol. The maximum atomic E-state index is 10.9. The number of nitro benzene ring substituents is 1. The summed E-state index contributed by atoms with van der Waals surface area (Å²) in [6, 6.07) is 6.96. The van der Waals surface area contributed by atoms with E-state index in [0.29, 0.717) is 23.8 Å². The molecule has 2 N–H and O–H groups in total. The van der Waals surface area contributed by atoms with Crippen LogP contribution in [0.1, 0.15) is 18.4 Å². The Labute approximate surface area is 105 Å². The van der Waals surface area contributed by atoms with Gasteiger partial charge in [0, 0.05) is 25.2 Å². The van der Waals surface area contributed by atoms with Crippen molar-refractivity contribution >= 4 is 11.4 Å². The second kappa shape index (κ2) is 5.47. The van der Waals surface area contributed by atoms with Gasteiger partial charge in [-0.1, -0.05) is 0 Å². The number of anilines is 1. The molecule has 18 heavy (non-hydrogen) atoms. The van der Waals surface area contributed by atoms with Crippen LogP contribution in [0.5, 0.6) is 0 Å². The van der Waals surface area contributed by atoms with Crippen molar-refractivity contribution in [1.82, 2.24) is 5.32 Å². The fourth-order valence-electron chi connectivity index (χ4n) is 1.66. The van der Waals surface area contributed by atoms with Crippen molar-refractivity contribution in [1.29, 1.82) is 5.26 Å². The molecule has 0 aromatic heterocycles. The Morgan fingerprint density at radius 3 is 2.83 bits per heavy atom. The van der Waals surface area contributed by atoms with Gasteiger partial charge in [-0.2, -0.15) is 5.26 Å². The fraction of sp³-hybridized carbons (Fsp3) is 0.417. The van der Waals surface area contributed by atoms with Crippen molar-refractivity contribution in [2.45, 2.75) is 18.9 Å². The maximum Gasteiger partial charge on any atom is 0.293 e. The largest absolute Gasteiger partial charge is 0.378 e. The Morgan fingerprint density at radius 1 is 1.44 bits per heavy atom. The number of hydrogen-bond acceptors (Lipinski definition) is 5. The number of benzene rings is 1. The normalized spacial score (nSPS) is 13.9. The molecule has 6 heteroatoms. The van der Waals surface area contributed by atoms with Gasteiger partial charge < -0.3 is 10.6 Å². The van der Waals surface area contributed by atoms with Crippen LogP contribution in [0.15, 0.2) is 18.2 Å². The number of rotatable bonds is 6. The molecule has 0 radical (unpaired) electrons. The minimum absolute atomic E-state index is 0.0551. The fourth-order valence-corrected chi connectivity index (χ4v) is 1.66. The topological polar surface area (TPSA) is 91.0 Å². The quantitative estimate of drug-likeness (QED) is 0.452. The average molecular weight is 246 g/mol. The highest BCUT2D eigenvalue weighted by atomic mass is 16.6. The molecule has 0 spiro atoms. The van der Waals surface area contributed by atoms with E-state index in [9.17, 15) is 10.1 Å². The smallest absolute Gasteiger partial charge is 0.293 e. The molecular formula is C12H14N4O2.